The van der Waals surface area contributed by atoms with Crippen molar-refractivity contribution in [3.63, 3.8) is 0 Å². The van der Waals surface area contributed by atoms with Gasteiger partial charge in [0.15, 0.2) is 0 Å². The van der Waals surface area contributed by atoms with Crippen molar-refractivity contribution in [2.45, 2.75) is 77.2 Å². The van der Waals surface area contributed by atoms with Crippen LogP contribution in [0.2, 0.25) is 0 Å². The maximum Gasteiger partial charge on any atom is 0.223 e. The summed E-state index contributed by atoms with van der Waals surface area (Å²) < 4.78 is 0. The molecule has 1 spiro atoms. The minimum Gasteiger partial charge on any atom is -0.353 e. The van der Waals surface area contributed by atoms with Crippen LogP contribution in [0.3, 0.4) is 0 Å². The zero-order valence-corrected chi connectivity index (χ0v) is 15.5. The van der Waals surface area contributed by atoms with Crippen LogP contribution < -0.4 is 5.32 Å². The second-order valence-electron chi connectivity index (χ2n) is 8.75. The van der Waals surface area contributed by atoms with Crippen LogP contribution in [0, 0.1) is 17.3 Å². The average Bonchev–Trinajstić information content (AvgIpc) is 2.59. The molecule has 4 heteroatoms. The van der Waals surface area contributed by atoms with Gasteiger partial charge in [0.25, 0.3) is 0 Å². The molecule has 2 aliphatic carbocycles. The Labute approximate surface area is 146 Å². The van der Waals surface area contributed by atoms with Crippen molar-refractivity contribution < 1.29 is 9.59 Å². The summed E-state index contributed by atoms with van der Waals surface area (Å²) >= 11 is 0. The first-order valence-electron chi connectivity index (χ1n) is 9.97. The van der Waals surface area contributed by atoms with E-state index in [0.29, 0.717) is 17.2 Å². The Balaban J connectivity index is 1.42. The molecule has 0 bridgehead atoms. The van der Waals surface area contributed by atoms with E-state index in [1.54, 1.807) is 6.92 Å². The van der Waals surface area contributed by atoms with Crippen LogP contribution in [-0.2, 0) is 9.59 Å². The second-order valence-corrected chi connectivity index (χ2v) is 8.75. The van der Waals surface area contributed by atoms with E-state index in [2.05, 4.69) is 17.3 Å². The minimum atomic E-state index is 0.223. The molecule has 136 valence electrons. The number of hydrogen-bond donors (Lipinski definition) is 1. The smallest absolute Gasteiger partial charge is 0.223 e. The van der Waals surface area contributed by atoms with Gasteiger partial charge < -0.3 is 10.2 Å². The van der Waals surface area contributed by atoms with Gasteiger partial charge in [-0.05, 0) is 96.7 Å². The molecule has 3 fully saturated rings. The Hall–Kier alpha value is -0.900. The van der Waals surface area contributed by atoms with Crippen molar-refractivity contribution in [3.8, 4) is 0 Å². The van der Waals surface area contributed by atoms with Gasteiger partial charge in [-0.25, -0.2) is 0 Å². The Morgan fingerprint density at radius 2 is 1.46 bits per heavy atom. The summed E-state index contributed by atoms with van der Waals surface area (Å²) in [6, 6.07) is 0.298. The summed E-state index contributed by atoms with van der Waals surface area (Å²) in [5.41, 5.74) is 0.531. The predicted octanol–water partition coefficient (Wildman–Crippen LogP) is 3.15. The van der Waals surface area contributed by atoms with Crippen molar-refractivity contribution >= 4 is 11.7 Å². The van der Waals surface area contributed by atoms with E-state index in [1.807, 2.05) is 0 Å². The molecule has 0 aromatic heterocycles. The quantitative estimate of drug-likeness (QED) is 0.862. The van der Waals surface area contributed by atoms with Gasteiger partial charge in [-0.1, -0.05) is 0 Å². The standard InChI is InChI=1S/C20H34N2O2/c1-15(23)16-3-5-18(6-4-16)21-19(24)17-7-9-20(10-8-17)11-13-22(2)14-12-20/h16-18H,3-14H2,1-2H3,(H,21,24). The van der Waals surface area contributed by atoms with E-state index in [1.165, 1.54) is 38.8 Å². The van der Waals surface area contributed by atoms with Crippen molar-refractivity contribution in [1.29, 1.82) is 0 Å². The summed E-state index contributed by atoms with van der Waals surface area (Å²) in [5.74, 6) is 1.05. The zero-order valence-electron chi connectivity index (χ0n) is 15.5. The van der Waals surface area contributed by atoms with Crippen LogP contribution in [0.1, 0.15) is 71.1 Å². The van der Waals surface area contributed by atoms with Gasteiger partial charge in [-0.3, -0.25) is 9.59 Å². The Bertz CT molecular complexity index is 450. The molecule has 3 aliphatic rings. The number of piperidine rings is 1. The van der Waals surface area contributed by atoms with E-state index in [4.69, 9.17) is 0 Å². The number of rotatable bonds is 3. The number of likely N-dealkylation sites (tertiary alicyclic amines) is 1. The third kappa shape index (κ3) is 4.19. The van der Waals surface area contributed by atoms with Gasteiger partial charge in [0, 0.05) is 17.9 Å². The fourth-order valence-electron chi connectivity index (χ4n) is 5.05. The summed E-state index contributed by atoms with van der Waals surface area (Å²) in [4.78, 5) is 26.5. The number of amides is 1. The van der Waals surface area contributed by atoms with E-state index in [-0.39, 0.29) is 17.7 Å². The highest BCUT2D eigenvalue weighted by Gasteiger charge is 2.39. The van der Waals surface area contributed by atoms with Crippen molar-refractivity contribution in [2.24, 2.45) is 17.3 Å². The van der Waals surface area contributed by atoms with Crippen LogP contribution in [0.5, 0.6) is 0 Å². The molecular formula is C20H34N2O2. The van der Waals surface area contributed by atoms with Gasteiger partial charge in [0.1, 0.15) is 5.78 Å². The molecule has 0 aromatic carbocycles. The Morgan fingerprint density at radius 1 is 0.875 bits per heavy atom. The first-order chi connectivity index (χ1) is 11.5. The second kappa shape index (κ2) is 7.55. The number of hydrogen-bond acceptors (Lipinski definition) is 3. The van der Waals surface area contributed by atoms with Crippen molar-refractivity contribution in [1.82, 2.24) is 10.2 Å². The summed E-state index contributed by atoms with van der Waals surface area (Å²) in [7, 11) is 2.22. The predicted molar refractivity (Wildman–Crippen MR) is 95.7 cm³/mol. The monoisotopic (exact) mass is 334 g/mol. The number of carbonyl (C=O) groups excluding carboxylic acids is 2. The van der Waals surface area contributed by atoms with Gasteiger partial charge in [-0.15, -0.1) is 0 Å². The number of carbonyl (C=O) groups is 2. The lowest BCUT2D eigenvalue weighted by molar-refractivity contribution is -0.128. The lowest BCUT2D eigenvalue weighted by Crippen LogP contribution is -2.45. The topological polar surface area (TPSA) is 49.4 Å². The highest BCUT2D eigenvalue weighted by atomic mass is 16.2. The average molecular weight is 335 g/mol. The molecule has 1 heterocycles. The van der Waals surface area contributed by atoms with Crippen LogP contribution >= 0.6 is 0 Å². The SMILES string of the molecule is CC(=O)C1CCC(NC(=O)C2CCC3(CC2)CCN(C)CC3)CC1. The third-order valence-electron chi connectivity index (χ3n) is 7.11. The first-order valence-corrected chi connectivity index (χ1v) is 9.97. The summed E-state index contributed by atoms with van der Waals surface area (Å²) in [6.45, 7) is 4.14. The van der Waals surface area contributed by atoms with Gasteiger partial charge in [0.05, 0.1) is 0 Å². The van der Waals surface area contributed by atoms with E-state index < -0.39 is 0 Å². The fourth-order valence-corrected chi connectivity index (χ4v) is 5.05. The van der Waals surface area contributed by atoms with Gasteiger partial charge in [0.2, 0.25) is 5.91 Å². The lowest BCUT2D eigenvalue weighted by atomic mass is 9.65. The largest absolute Gasteiger partial charge is 0.353 e. The lowest BCUT2D eigenvalue weighted by Gasteiger charge is -2.45. The number of nitrogens with zero attached hydrogens (tertiary/aromatic N) is 1. The summed E-state index contributed by atoms with van der Waals surface area (Å²) in [5, 5.41) is 3.29. The molecular weight excluding hydrogens is 300 g/mol. The molecule has 0 unspecified atom stereocenters. The third-order valence-corrected chi connectivity index (χ3v) is 7.11. The molecule has 24 heavy (non-hydrogen) atoms. The minimum absolute atomic E-state index is 0.223. The van der Waals surface area contributed by atoms with Gasteiger partial charge >= 0.3 is 0 Å². The van der Waals surface area contributed by atoms with E-state index in [9.17, 15) is 9.59 Å². The normalized spacial score (nSPS) is 31.8. The number of nitrogens with one attached hydrogen (secondary N) is 1. The van der Waals surface area contributed by atoms with Crippen LogP contribution in [0.4, 0.5) is 0 Å². The fraction of sp³-hybridized carbons (Fsp3) is 0.900. The first kappa shape index (κ1) is 17.9. The zero-order chi connectivity index (χ0) is 17.2. The van der Waals surface area contributed by atoms with Crippen LogP contribution in [0.15, 0.2) is 0 Å². The van der Waals surface area contributed by atoms with Crippen LogP contribution in [-0.4, -0.2) is 42.8 Å². The van der Waals surface area contributed by atoms with Crippen molar-refractivity contribution in [3.05, 3.63) is 0 Å². The molecule has 0 radical (unpaired) electrons. The molecule has 0 aromatic rings. The van der Waals surface area contributed by atoms with E-state index >= 15 is 0 Å². The molecule has 2 saturated carbocycles. The molecule has 1 saturated heterocycles. The summed E-state index contributed by atoms with van der Waals surface area (Å²) in [6.07, 6.45) is 11.1. The molecule has 4 nitrogen and oxygen atoms in total. The van der Waals surface area contributed by atoms with E-state index in [0.717, 1.165) is 38.5 Å². The maximum absolute atomic E-state index is 12.6. The highest BCUT2D eigenvalue weighted by Crippen LogP contribution is 2.46. The molecule has 0 atom stereocenters. The number of Topliss-reactive ketones (excluding diaryl/α,β-unsaturated/α-hetero) is 1. The van der Waals surface area contributed by atoms with Gasteiger partial charge in [-0.2, -0.15) is 0 Å². The molecule has 1 aliphatic heterocycles. The molecule has 1 N–H and O–H groups in total. The molecule has 1 amide bonds. The Morgan fingerprint density at radius 3 is 2.00 bits per heavy atom. The van der Waals surface area contributed by atoms with Crippen molar-refractivity contribution in [2.75, 3.05) is 20.1 Å². The number of ketones is 1. The maximum atomic E-state index is 12.6. The highest BCUT2D eigenvalue weighted by molar-refractivity contribution is 5.79. The molecule has 3 rings (SSSR count). The Kier molecular flexibility index (Phi) is 5.63. The van der Waals surface area contributed by atoms with Crippen LogP contribution in [0.25, 0.3) is 0 Å².